The molecule has 0 aromatic carbocycles. The minimum Gasteiger partial charge on any atom is -0.455 e. The molecule has 0 atom stereocenters. The number of amides is 2. The zero-order valence-corrected chi connectivity index (χ0v) is 16.5. The number of furan rings is 1. The van der Waals surface area contributed by atoms with Crippen LogP contribution in [-0.2, 0) is 13.0 Å². The second-order valence-electron chi connectivity index (χ2n) is 6.95. The number of aryl methyl sites for hydroxylation is 1. The lowest BCUT2D eigenvalue weighted by Crippen LogP contribution is -2.24. The van der Waals surface area contributed by atoms with E-state index in [0.717, 1.165) is 35.4 Å². The number of rotatable bonds is 5. The van der Waals surface area contributed by atoms with Gasteiger partial charge in [-0.3, -0.25) is 19.6 Å². The molecule has 2 amide bonds. The molecule has 3 heterocycles. The predicted octanol–water partition coefficient (Wildman–Crippen LogP) is 2.78. The van der Waals surface area contributed by atoms with E-state index in [2.05, 4.69) is 25.8 Å². The smallest absolute Gasteiger partial charge is 0.287 e. The van der Waals surface area contributed by atoms with E-state index < -0.39 is 0 Å². The van der Waals surface area contributed by atoms with Crippen LogP contribution in [0, 0.1) is 6.92 Å². The number of carbonyl (C=O) groups excluding carboxylic acids is 2. The van der Waals surface area contributed by atoms with E-state index in [1.807, 2.05) is 25.1 Å². The molecular weight excluding hydrogens is 382 g/mol. The molecule has 30 heavy (non-hydrogen) atoms. The number of nitrogens with one attached hydrogen (secondary N) is 2. The highest BCUT2D eigenvalue weighted by Crippen LogP contribution is 2.29. The molecule has 0 saturated heterocycles. The molecule has 8 nitrogen and oxygen atoms in total. The Hall–Kier alpha value is -3.81. The van der Waals surface area contributed by atoms with Gasteiger partial charge < -0.3 is 9.73 Å². The summed E-state index contributed by atoms with van der Waals surface area (Å²) >= 11 is 0. The summed E-state index contributed by atoms with van der Waals surface area (Å²) in [4.78, 5) is 33.1. The zero-order chi connectivity index (χ0) is 20.9. The number of hydrogen-bond acceptors (Lipinski definition) is 6. The molecule has 1 aliphatic carbocycles. The summed E-state index contributed by atoms with van der Waals surface area (Å²) in [6.07, 6.45) is 7.01. The van der Waals surface area contributed by atoms with Crippen molar-refractivity contribution in [1.29, 1.82) is 0 Å². The van der Waals surface area contributed by atoms with Crippen LogP contribution in [0.4, 0.5) is 0 Å². The van der Waals surface area contributed by atoms with E-state index in [0.29, 0.717) is 24.2 Å². The Labute approximate surface area is 173 Å². The van der Waals surface area contributed by atoms with Crippen LogP contribution in [0.1, 0.15) is 56.3 Å². The van der Waals surface area contributed by atoms with Gasteiger partial charge in [-0.2, -0.15) is 5.10 Å². The normalized spacial score (nSPS) is 14.2. The van der Waals surface area contributed by atoms with Gasteiger partial charge in [0.15, 0.2) is 5.76 Å². The Bertz CT molecular complexity index is 1090. The van der Waals surface area contributed by atoms with Crippen molar-refractivity contribution < 1.29 is 14.0 Å². The van der Waals surface area contributed by atoms with Gasteiger partial charge in [-0.15, -0.1) is 0 Å². The topological polar surface area (TPSA) is 109 Å². The highest BCUT2D eigenvalue weighted by molar-refractivity contribution is 6.07. The highest BCUT2D eigenvalue weighted by atomic mass is 16.4. The molecule has 0 unspecified atom stereocenters. The average Bonchev–Trinajstić information content (AvgIpc) is 3.14. The van der Waals surface area contributed by atoms with Gasteiger partial charge in [0.25, 0.3) is 11.8 Å². The maximum atomic E-state index is 12.7. The second-order valence-corrected chi connectivity index (χ2v) is 6.95. The molecule has 152 valence electrons. The van der Waals surface area contributed by atoms with Crippen LogP contribution in [0.25, 0.3) is 0 Å². The lowest BCUT2D eigenvalue weighted by molar-refractivity contribution is 0.0918. The number of nitrogens with zero attached hydrogens (tertiary/aromatic N) is 3. The molecule has 0 spiro atoms. The van der Waals surface area contributed by atoms with Crippen LogP contribution >= 0.6 is 0 Å². The largest absolute Gasteiger partial charge is 0.455 e. The first kappa shape index (κ1) is 19.5. The first-order chi connectivity index (χ1) is 14.6. The summed E-state index contributed by atoms with van der Waals surface area (Å²) in [6.45, 7) is 2.15. The maximum Gasteiger partial charge on any atom is 0.287 e. The van der Waals surface area contributed by atoms with E-state index in [4.69, 9.17) is 4.42 Å². The van der Waals surface area contributed by atoms with E-state index in [1.54, 1.807) is 24.5 Å². The maximum absolute atomic E-state index is 12.7. The molecule has 0 fully saturated rings. The first-order valence-corrected chi connectivity index (χ1v) is 9.71. The Morgan fingerprint density at radius 3 is 2.80 bits per heavy atom. The van der Waals surface area contributed by atoms with Crippen molar-refractivity contribution in [2.24, 2.45) is 5.10 Å². The molecule has 0 bridgehead atoms. The van der Waals surface area contributed by atoms with Gasteiger partial charge in [0, 0.05) is 36.1 Å². The standard InChI is InChI=1S/C22H21N5O3/c1-14-19-17(26-27-21(28)15-6-5-10-23-12-15)8-4-9-18(19)30-20(14)22(29)25-13-16-7-2-3-11-24-16/h2-3,5-7,10-12H,4,8-9,13H2,1H3,(H,25,29)(H,27,28)/b26-17+. The first-order valence-electron chi connectivity index (χ1n) is 9.71. The lowest BCUT2D eigenvalue weighted by atomic mass is 9.93. The van der Waals surface area contributed by atoms with Crippen molar-refractivity contribution in [3.63, 3.8) is 0 Å². The van der Waals surface area contributed by atoms with Crippen LogP contribution in [0.5, 0.6) is 0 Å². The minimum atomic E-state index is -0.336. The Kier molecular flexibility index (Phi) is 5.65. The fraction of sp³-hybridized carbons (Fsp3) is 0.227. The van der Waals surface area contributed by atoms with Gasteiger partial charge in [-0.1, -0.05) is 6.07 Å². The fourth-order valence-corrected chi connectivity index (χ4v) is 3.43. The molecule has 0 aliphatic heterocycles. The van der Waals surface area contributed by atoms with E-state index in [1.165, 1.54) is 6.20 Å². The van der Waals surface area contributed by atoms with Crippen LogP contribution in [-0.4, -0.2) is 27.5 Å². The van der Waals surface area contributed by atoms with Gasteiger partial charge in [-0.05, 0) is 44.0 Å². The molecule has 2 N–H and O–H groups in total. The molecular formula is C22H21N5O3. The number of hydrogen-bond donors (Lipinski definition) is 2. The van der Waals surface area contributed by atoms with Gasteiger partial charge in [-0.25, -0.2) is 5.43 Å². The van der Waals surface area contributed by atoms with Crippen molar-refractivity contribution >= 4 is 17.5 Å². The number of fused-ring (bicyclic) bond motifs is 1. The van der Waals surface area contributed by atoms with Crippen molar-refractivity contribution in [1.82, 2.24) is 20.7 Å². The average molecular weight is 403 g/mol. The van der Waals surface area contributed by atoms with Crippen molar-refractivity contribution in [2.45, 2.75) is 32.7 Å². The quantitative estimate of drug-likeness (QED) is 0.637. The van der Waals surface area contributed by atoms with E-state index in [9.17, 15) is 9.59 Å². The highest BCUT2D eigenvalue weighted by Gasteiger charge is 2.28. The zero-order valence-electron chi connectivity index (χ0n) is 16.5. The second kappa shape index (κ2) is 8.69. The summed E-state index contributed by atoms with van der Waals surface area (Å²) in [5.74, 6) is 0.351. The van der Waals surface area contributed by atoms with Crippen LogP contribution in [0.2, 0.25) is 0 Å². The van der Waals surface area contributed by atoms with Gasteiger partial charge in [0.2, 0.25) is 0 Å². The van der Waals surface area contributed by atoms with E-state index in [-0.39, 0.29) is 17.6 Å². The third-order valence-electron chi connectivity index (χ3n) is 4.90. The number of carbonyl (C=O) groups is 2. The number of aromatic nitrogens is 2. The van der Waals surface area contributed by atoms with Gasteiger partial charge in [0.1, 0.15) is 5.76 Å². The molecule has 3 aromatic rings. The predicted molar refractivity (Wildman–Crippen MR) is 110 cm³/mol. The summed E-state index contributed by atoms with van der Waals surface area (Å²) in [5, 5.41) is 7.16. The third-order valence-corrected chi connectivity index (χ3v) is 4.90. The van der Waals surface area contributed by atoms with Crippen molar-refractivity contribution in [2.75, 3.05) is 0 Å². The summed E-state index contributed by atoms with van der Waals surface area (Å²) in [5.41, 5.74) is 6.00. The SMILES string of the molecule is Cc1c(C(=O)NCc2ccccn2)oc2c1/C(=N/NC(=O)c1cccnc1)CCC2. The summed E-state index contributed by atoms with van der Waals surface area (Å²) in [7, 11) is 0. The third kappa shape index (κ3) is 4.12. The van der Waals surface area contributed by atoms with Crippen LogP contribution in [0.15, 0.2) is 58.4 Å². The Morgan fingerprint density at radius 2 is 2.03 bits per heavy atom. The molecule has 1 aliphatic rings. The minimum absolute atomic E-state index is 0.268. The molecule has 4 rings (SSSR count). The molecule has 8 heteroatoms. The number of hydrazone groups is 1. The lowest BCUT2D eigenvalue weighted by Gasteiger charge is -2.13. The molecule has 0 radical (unpaired) electrons. The van der Waals surface area contributed by atoms with Crippen LogP contribution in [0.3, 0.4) is 0 Å². The van der Waals surface area contributed by atoms with Crippen LogP contribution < -0.4 is 10.7 Å². The van der Waals surface area contributed by atoms with Gasteiger partial charge in [0.05, 0.1) is 23.5 Å². The molecule has 3 aromatic heterocycles. The summed E-state index contributed by atoms with van der Waals surface area (Å²) < 4.78 is 5.87. The fourth-order valence-electron chi connectivity index (χ4n) is 3.43. The Morgan fingerprint density at radius 1 is 1.13 bits per heavy atom. The van der Waals surface area contributed by atoms with Crippen molar-refractivity contribution in [3.05, 3.63) is 82.8 Å². The number of pyridine rings is 2. The summed E-state index contributed by atoms with van der Waals surface area (Å²) in [6, 6.07) is 8.90. The van der Waals surface area contributed by atoms with Crippen molar-refractivity contribution in [3.8, 4) is 0 Å². The van der Waals surface area contributed by atoms with E-state index >= 15 is 0 Å². The monoisotopic (exact) mass is 403 g/mol. The van der Waals surface area contributed by atoms with Gasteiger partial charge >= 0.3 is 0 Å². The molecule has 0 saturated carbocycles. The Balaban J connectivity index is 1.51.